The number of hydrogen-bond acceptors (Lipinski definition) is 3. The number of hydrogen-bond donors (Lipinski definition) is 3. The van der Waals surface area contributed by atoms with E-state index in [9.17, 15) is 9.90 Å². The average Bonchev–Trinajstić information content (AvgIpc) is 3.01. The largest absolute Gasteiger partial charge is 0.508 e. The Labute approximate surface area is 113 Å². The van der Waals surface area contributed by atoms with E-state index in [1.807, 2.05) is 0 Å². The van der Waals surface area contributed by atoms with Gasteiger partial charge in [-0.1, -0.05) is 6.42 Å². The van der Waals surface area contributed by atoms with E-state index in [0.29, 0.717) is 17.2 Å². The highest BCUT2D eigenvalue weighted by atomic mass is 16.3. The zero-order chi connectivity index (χ0) is 13.4. The number of nitrogen functional groups attached to an aromatic ring is 1. The van der Waals surface area contributed by atoms with E-state index in [1.165, 1.54) is 37.8 Å². The van der Waals surface area contributed by atoms with Crippen LogP contribution in [0, 0.1) is 17.8 Å². The number of benzene rings is 1. The van der Waals surface area contributed by atoms with Gasteiger partial charge in [-0.25, -0.2) is 0 Å². The second kappa shape index (κ2) is 4.76. The monoisotopic (exact) mass is 260 g/mol. The molecule has 3 rings (SSSR count). The number of carbonyl (C=O) groups excluding carboxylic acids is 1. The van der Waals surface area contributed by atoms with E-state index in [4.69, 9.17) is 5.73 Å². The molecular weight excluding hydrogens is 240 g/mol. The standard InChI is InChI=1S/C15H20N2O2/c16-14-4-3-12(18)7-13(14)15(19)17-8-11-6-9-1-2-10(11)5-9/h3-4,7,9-11,18H,1-2,5-6,8,16H2,(H,17,19). The van der Waals surface area contributed by atoms with E-state index in [2.05, 4.69) is 5.32 Å². The van der Waals surface area contributed by atoms with Gasteiger partial charge in [-0.15, -0.1) is 0 Å². The van der Waals surface area contributed by atoms with Crippen molar-refractivity contribution >= 4 is 11.6 Å². The molecule has 3 unspecified atom stereocenters. The number of aromatic hydroxyl groups is 1. The van der Waals surface area contributed by atoms with Crippen molar-refractivity contribution < 1.29 is 9.90 Å². The number of nitrogens with two attached hydrogens (primary N) is 1. The zero-order valence-corrected chi connectivity index (χ0v) is 10.9. The van der Waals surface area contributed by atoms with Gasteiger partial charge in [0.1, 0.15) is 5.75 Å². The Morgan fingerprint density at radius 2 is 2.21 bits per heavy atom. The molecule has 2 bridgehead atoms. The fourth-order valence-electron chi connectivity index (χ4n) is 3.69. The van der Waals surface area contributed by atoms with Gasteiger partial charge in [0, 0.05) is 12.2 Å². The highest BCUT2D eigenvalue weighted by Gasteiger charge is 2.39. The van der Waals surface area contributed by atoms with Crippen molar-refractivity contribution in [3.63, 3.8) is 0 Å². The Kier molecular flexibility index (Phi) is 3.09. The van der Waals surface area contributed by atoms with Crippen molar-refractivity contribution in [3.8, 4) is 5.75 Å². The van der Waals surface area contributed by atoms with E-state index in [1.54, 1.807) is 6.07 Å². The lowest BCUT2D eigenvalue weighted by atomic mass is 9.89. The molecule has 0 heterocycles. The average molecular weight is 260 g/mol. The first-order valence-electron chi connectivity index (χ1n) is 7.00. The number of carbonyl (C=O) groups is 1. The third-order valence-corrected chi connectivity index (χ3v) is 4.69. The first-order valence-corrected chi connectivity index (χ1v) is 7.00. The lowest BCUT2D eigenvalue weighted by molar-refractivity contribution is 0.0942. The highest BCUT2D eigenvalue weighted by Crippen LogP contribution is 2.47. The fourth-order valence-corrected chi connectivity index (χ4v) is 3.69. The lowest BCUT2D eigenvalue weighted by Gasteiger charge is -2.22. The van der Waals surface area contributed by atoms with Crippen molar-refractivity contribution in [1.29, 1.82) is 0 Å². The molecule has 0 spiro atoms. The van der Waals surface area contributed by atoms with E-state index in [-0.39, 0.29) is 11.7 Å². The Hall–Kier alpha value is -1.71. The Morgan fingerprint density at radius 1 is 1.37 bits per heavy atom. The van der Waals surface area contributed by atoms with Gasteiger partial charge in [0.25, 0.3) is 5.91 Å². The smallest absolute Gasteiger partial charge is 0.253 e. The minimum absolute atomic E-state index is 0.0688. The molecule has 19 heavy (non-hydrogen) atoms. The Bertz CT molecular complexity index is 501. The molecule has 4 N–H and O–H groups in total. The second-order valence-electron chi connectivity index (χ2n) is 5.92. The summed E-state index contributed by atoms with van der Waals surface area (Å²) in [6, 6.07) is 4.47. The van der Waals surface area contributed by atoms with Gasteiger partial charge in [-0.05, 0) is 55.2 Å². The number of phenols is 1. The fraction of sp³-hybridized carbons (Fsp3) is 0.533. The van der Waals surface area contributed by atoms with Crippen LogP contribution in [0.3, 0.4) is 0 Å². The third kappa shape index (κ3) is 2.39. The highest BCUT2D eigenvalue weighted by molar-refractivity contribution is 5.99. The molecule has 4 nitrogen and oxygen atoms in total. The van der Waals surface area contributed by atoms with Crippen LogP contribution in [-0.2, 0) is 0 Å². The van der Waals surface area contributed by atoms with Crippen molar-refractivity contribution in [2.75, 3.05) is 12.3 Å². The van der Waals surface area contributed by atoms with Gasteiger partial charge in [-0.2, -0.15) is 0 Å². The predicted octanol–water partition coefficient (Wildman–Crippen LogP) is 2.14. The molecule has 0 radical (unpaired) electrons. The molecular formula is C15H20N2O2. The summed E-state index contributed by atoms with van der Waals surface area (Å²) in [7, 11) is 0. The second-order valence-corrected chi connectivity index (χ2v) is 5.92. The van der Waals surface area contributed by atoms with Gasteiger partial charge >= 0.3 is 0 Å². The number of phenolic OH excluding ortho intramolecular Hbond substituents is 1. The number of amides is 1. The molecule has 0 aromatic heterocycles. The lowest BCUT2D eigenvalue weighted by Crippen LogP contribution is -2.32. The molecule has 3 atom stereocenters. The van der Waals surface area contributed by atoms with E-state index in [0.717, 1.165) is 18.4 Å². The first kappa shape index (κ1) is 12.3. The van der Waals surface area contributed by atoms with Crippen molar-refractivity contribution in [3.05, 3.63) is 23.8 Å². The van der Waals surface area contributed by atoms with Gasteiger partial charge in [0.2, 0.25) is 0 Å². The van der Waals surface area contributed by atoms with E-state index < -0.39 is 0 Å². The maximum atomic E-state index is 12.1. The van der Waals surface area contributed by atoms with Crippen LogP contribution in [0.4, 0.5) is 5.69 Å². The molecule has 2 aliphatic carbocycles. The summed E-state index contributed by atoms with van der Waals surface area (Å²) in [6.45, 7) is 0.731. The number of nitrogens with one attached hydrogen (secondary N) is 1. The van der Waals surface area contributed by atoms with Gasteiger partial charge in [-0.3, -0.25) is 4.79 Å². The zero-order valence-electron chi connectivity index (χ0n) is 10.9. The summed E-state index contributed by atoms with van der Waals surface area (Å²) in [5.41, 5.74) is 6.53. The molecule has 2 fully saturated rings. The van der Waals surface area contributed by atoms with Crippen LogP contribution in [0.2, 0.25) is 0 Å². The van der Waals surface area contributed by atoms with Crippen molar-refractivity contribution in [1.82, 2.24) is 5.32 Å². The molecule has 2 saturated carbocycles. The molecule has 0 saturated heterocycles. The number of anilines is 1. The van der Waals surface area contributed by atoms with Crippen LogP contribution in [0.15, 0.2) is 18.2 Å². The molecule has 1 amide bonds. The predicted molar refractivity (Wildman–Crippen MR) is 73.8 cm³/mol. The maximum absolute atomic E-state index is 12.1. The summed E-state index contributed by atoms with van der Waals surface area (Å²) in [4.78, 5) is 12.1. The molecule has 1 aromatic carbocycles. The van der Waals surface area contributed by atoms with Crippen LogP contribution < -0.4 is 11.1 Å². The third-order valence-electron chi connectivity index (χ3n) is 4.69. The molecule has 102 valence electrons. The molecule has 1 aromatic rings. The summed E-state index contributed by atoms with van der Waals surface area (Å²) >= 11 is 0. The molecule has 4 heteroatoms. The topological polar surface area (TPSA) is 75.3 Å². The number of rotatable bonds is 3. The summed E-state index contributed by atoms with van der Waals surface area (Å²) in [6.07, 6.45) is 5.28. The van der Waals surface area contributed by atoms with Crippen LogP contribution in [0.5, 0.6) is 5.75 Å². The van der Waals surface area contributed by atoms with Gasteiger partial charge in [0.15, 0.2) is 0 Å². The van der Waals surface area contributed by atoms with Crippen LogP contribution >= 0.6 is 0 Å². The minimum atomic E-state index is -0.184. The maximum Gasteiger partial charge on any atom is 0.253 e. The quantitative estimate of drug-likeness (QED) is 0.575. The number of fused-ring (bicyclic) bond motifs is 2. The van der Waals surface area contributed by atoms with Gasteiger partial charge < -0.3 is 16.2 Å². The summed E-state index contributed by atoms with van der Waals surface area (Å²) in [5, 5.41) is 12.4. The van der Waals surface area contributed by atoms with Crippen molar-refractivity contribution in [2.45, 2.75) is 25.7 Å². The van der Waals surface area contributed by atoms with Crippen LogP contribution in [0.25, 0.3) is 0 Å². The minimum Gasteiger partial charge on any atom is -0.508 e. The van der Waals surface area contributed by atoms with E-state index >= 15 is 0 Å². The summed E-state index contributed by atoms with van der Waals surface area (Å²) < 4.78 is 0. The van der Waals surface area contributed by atoms with Gasteiger partial charge in [0.05, 0.1) is 5.56 Å². The summed E-state index contributed by atoms with van der Waals surface area (Å²) in [5.74, 6) is 2.20. The first-order chi connectivity index (χ1) is 9.13. The Morgan fingerprint density at radius 3 is 2.89 bits per heavy atom. The molecule has 0 aliphatic heterocycles. The SMILES string of the molecule is Nc1ccc(O)cc1C(=O)NCC1CC2CCC1C2. The normalized spacial score (nSPS) is 28.5. The Balaban J connectivity index is 1.61. The van der Waals surface area contributed by atoms with Crippen LogP contribution in [0.1, 0.15) is 36.0 Å². The van der Waals surface area contributed by atoms with Crippen LogP contribution in [-0.4, -0.2) is 17.6 Å². The van der Waals surface area contributed by atoms with Crippen molar-refractivity contribution in [2.24, 2.45) is 17.8 Å². The molecule has 2 aliphatic rings.